The summed E-state index contributed by atoms with van der Waals surface area (Å²) in [5.74, 6) is 0. The monoisotopic (exact) mass is 393 g/mol. The molecule has 0 saturated carbocycles. The van der Waals surface area contributed by atoms with Crippen LogP contribution in [0.3, 0.4) is 0 Å². The molecule has 0 aliphatic carbocycles. The van der Waals surface area contributed by atoms with E-state index in [1.54, 1.807) is 0 Å². The molecule has 0 fully saturated rings. The second-order valence-corrected chi connectivity index (χ2v) is 8.21. The predicted octanol–water partition coefficient (Wildman–Crippen LogP) is 5.99. The van der Waals surface area contributed by atoms with Crippen molar-refractivity contribution >= 4 is 8.38 Å². The predicted molar refractivity (Wildman–Crippen MR) is 118 cm³/mol. The van der Waals surface area contributed by atoms with Gasteiger partial charge in [-0.2, -0.15) is 0 Å². The van der Waals surface area contributed by atoms with Crippen LogP contribution in [-0.4, -0.2) is 20.9 Å². The summed E-state index contributed by atoms with van der Waals surface area (Å²) in [7, 11) is -1.76. The van der Waals surface area contributed by atoms with Gasteiger partial charge in [0.25, 0.3) is 0 Å². The molecule has 1 heterocycles. The zero-order chi connectivity index (χ0) is 19.8. The Hall–Kier alpha value is -2.06. The summed E-state index contributed by atoms with van der Waals surface area (Å²) in [5, 5.41) is 0. The van der Waals surface area contributed by atoms with E-state index in [1.807, 2.05) is 6.07 Å². The third kappa shape index (κ3) is 5.72. The van der Waals surface area contributed by atoms with Gasteiger partial charge in [-0.3, -0.25) is 4.98 Å². The van der Waals surface area contributed by atoms with Crippen molar-refractivity contribution in [3.8, 4) is 22.4 Å². The molecule has 1 aromatic heterocycles. The van der Waals surface area contributed by atoms with Gasteiger partial charge in [-0.25, -0.2) is 0 Å². The number of aryl methyl sites for hydroxylation is 2. The van der Waals surface area contributed by atoms with Gasteiger partial charge in [0, 0.05) is 23.0 Å². The number of pyridine rings is 1. The van der Waals surface area contributed by atoms with Gasteiger partial charge >= 0.3 is 0 Å². The summed E-state index contributed by atoms with van der Waals surface area (Å²) in [6, 6.07) is 23.4. The summed E-state index contributed by atoms with van der Waals surface area (Å²) in [4.78, 5) is 23.0. The molecule has 0 atom stereocenters. The van der Waals surface area contributed by atoms with Crippen molar-refractivity contribution in [1.29, 1.82) is 0 Å². The Kier molecular flexibility index (Phi) is 7.73. The van der Waals surface area contributed by atoms with Crippen LogP contribution in [-0.2, 0) is 12.8 Å². The van der Waals surface area contributed by atoms with E-state index in [0.29, 0.717) is 6.16 Å². The van der Waals surface area contributed by atoms with Crippen molar-refractivity contribution in [2.24, 2.45) is 0 Å². The smallest absolute Gasteiger partial charge is 0.164 e. The normalized spacial score (nSPS) is 11.1. The molecular weight excluding hydrogens is 365 g/mol. The molecule has 3 aromatic rings. The van der Waals surface area contributed by atoms with E-state index in [2.05, 4.69) is 67.6 Å². The van der Waals surface area contributed by atoms with Crippen molar-refractivity contribution in [3.63, 3.8) is 0 Å². The first kappa shape index (κ1) is 20.7. The van der Waals surface area contributed by atoms with Gasteiger partial charge in [-0.05, 0) is 42.9 Å². The molecule has 0 unspecified atom stereocenters. The van der Waals surface area contributed by atoms with Gasteiger partial charge < -0.3 is 9.79 Å². The molecule has 2 aromatic carbocycles. The van der Waals surface area contributed by atoms with E-state index < -0.39 is 8.38 Å². The highest BCUT2D eigenvalue weighted by atomic mass is 31.2. The molecule has 3 rings (SSSR count). The van der Waals surface area contributed by atoms with E-state index >= 15 is 0 Å². The number of aromatic nitrogens is 1. The second-order valence-electron chi connectivity index (χ2n) is 7.02. The van der Waals surface area contributed by atoms with E-state index in [1.165, 1.54) is 11.1 Å². The first-order chi connectivity index (χ1) is 13.7. The van der Waals surface area contributed by atoms with Gasteiger partial charge in [-0.1, -0.05) is 74.0 Å². The molecule has 0 aliphatic heterocycles. The molecule has 0 radical (unpaired) electrons. The molecule has 0 bridgehead atoms. The summed E-state index contributed by atoms with van der Waals surface area (Å²) in [6.07, 6.45) is 5.30. The fourth-order valence-electron chi connectivity index (χ4n) is 3.34. The first-order valence-electron chi connectivity index (χ1n) is 9.97. The maximum atomic E-state index is 9.01. The lowest BCUT2D eigenvalue weighted by Crippen LogP contribution is -1.97. The average molecular weight is 393 g/mol. The van der Waals surface area contributed by atoms with Crippen LogP contribution in [0, 0.1) is 0 Å². The first-order valence-corrected chi connectivity index (χ1v) is 11.4. The lowest BCUT2D eigenvalue weighted by Gasteiger charge is -2.12. The Balaban J connectivity index is 1.83. The van der Waals surface area contributed by atoms with Crippen molar-refractivity contribution in [2.75, 3.05) is 6.16 Å². The van der Waals surface area contributed by atoms with Gasteiger partial charge in [0.1, 0.15) is 0 Å². The molecule has 0 saturated heterocycles. The molecule has 0 amide bonds. The molecule has 0 aliphatic rings. The van der Waals surface area contributed by atoms with Crippen LogP contribution in [0.15, 0.2) is 66.7 Å². The standard InChI is InChI=1S/C24H28NO2P/c1-2-19-12-14-20(15-13-19)23-17-16-22(11-7-4-8-18-28(26)27)25-24(23)21-9-5-3-6-10-21/h3,5-6,9-10,12-17,26-27H,2,4,7-8,11,18H2,1H3. The van der Waals surface area contributed by atoms with Crippen LogP contribution in [0.4, 0.5) is 0 Å². The SMILES string of the molecule is CCc1ccc(-c2ccc(CCCCCP(O)O)nc2-c2ccccc2)cc1. The fourth-order valence-corrected chi connectivity index (χ4v) is 3.85. The van der Waals surface area contributed by atoms with Crippen LogP contribution in [0.1, 0.15) is 37.4 Å². The molecule has 146 valence electrons. The Morgan fingerprint density at radius 2 is 1.54 bits per heavy atom. The molecular formula is C24H28NO2P. The maximum Gasteiger partial charge on any atom is 0.164 e. The Morgan fingerprint density at radius 1 is 0.786 bits per heavy atom. The second kappa shape index (κ2) is 10.5. The van der Waals surface area contributed by atoms with Crippen molar-refractivity contribution in [3.05, 3.63) is 78.0 Å². The number of nitrogens with zero attached hydrogens (tertiary/aromatic N) is 1. The Morgan fingerprint density at radius 3 is 2.21 bits per heavy atom. The van der Waals surface area contributed by atoms with Crippen LogP contribution in [0.25, 0.3) is 22.4 Å². The summed E-state index contributed by atoms with van der Waals surface area (Å²) < 4.78 is 0. The van der Waals surface area contributed by atoms with Gasteiger partial charge in [0.2, 0.25) is 0 Å². The molecule has 0 spiro atoms. The van der Waals surface area contributed by atoms with E-state index in [0.717, 1.165) is 54.6 Å². The number of hydrogen-bond acceptors (Lipinski definition) is 3. The third-order valence-electron chi connectivity index (χ3n) is 4.96. The molecule has 4 heteroatoms. The van der Waals surface area contributed by atoms with Crippen LogP contribution in [0.2, 0.25) is 0 Å². The largest absolute Gasteiger partial charge is 0.350 e. The van der Waals surface area contributed by atoms with Crippen molar-refractivity contribution in [1.82, 2.24) is 4.98 Å². The van der Waals surface area contributed by atoms with Gasteiger partial charge in [0.15, 0.2) is 8.38 Å². The number of hydrogen-bond donors (Lipinski definition) is 2. The summed E-state index contributed by atoms with van der Waals surface area (Å²) in [6.45, 7) is 2.17. The number of rotatable bonds is 9. The van der Waals surface area contributed by atoms with Crippen LogP contribution in [0.5, 0.6) is 0 Å². The lowest BCUT2D eigenvalue weighted by atomic mass is 9.97. The minimum atomic E-state index is -1.76. The van der Waals surface area contributed by atoms with Crippen molar-refractivity contribution in [2.45, 2.75) is 39.0 Å². The van der Waals surface area contributed by atoms with E-state index in [-0.39, 0.29) is 0 Å². The minimum Gasteiger partial charge on any atom is -0.350 e. The van der Waals surface area contributed by atoms with E-state index in [9.17, 15) is 0 Å². The highest BCUT2D eigenvalue weighted by molar-refractivity contribution is 7.45. The van der Waals surface area contributed by atoms with Gasteiger partial charge in [0.05, 0.1) is 5.69 Å². The number of benzene rings is 2. The zero-order valence-electron chi connectivity index (χ0n) is 16.4. The Labute approximate surface area is 169 Å². The highest BCUT2D eigenvalue weighted by Crippen LogP contribution is 2.31. The van der Waals surface area contributed by atoms with Crippen molar-refractivity contribution < 1.29 is 9.79 Å². The average Bonchev–Trinajstić information content (AvgIpc) is 2.74. The summed E-state index contributed by atoms with van der Waals surface area (Å²) in [5.41, 5.74) is 6.92. The quantitative estimate of drug-likeness (QED) is 0.347. The fraction of sp³-hybridized carbons (Fsp3) is 0.292. The van der Waals surface area contributed by atoms with Crippen LogP contribution < -0.4 is 0 Å². The molecule has 3 nitrogen and oxygen atoms in total. The lowest BCUT2D eigenvalue weighted by molar-refractivity contribution is 0.478. The third-order valence-corrected chi connectivity index (χ3v) is 5.68. The van der Waals surface area contributed by atoms with Gasteiger partial charge in [-0.15, -0.1) is 0 Å². The number of unbranched alkanes of at least 4 members (excludes halogenated alkanes) is 2. The zero-order valence-corrected chi connectivity index (χ0v) is 17.3. The molecule has 2 N–H and O–H groups in total. The highest BCUT2D eigenvalue weighted by Gasteiger charge is 2.11. The van der Waals surface area contributed by atoms with Crippen LogP contribution >= 0.6 is 8.38 Å². The summed E-state index contributed by atoms with van der Waals surface area (Å²) >= 11 is 0. The Bertz CT molecular complexity index is 864. The molecule has 28 heavy (non-hydrogen) atoms. The topological polar surface area (TPSA) is 53.4 Å². The maximum absolute atomic E-state index is 9.01. The minimum absolute atomic E-state index is 0.505. The van der Waals surface area contributed by atoms with E-state index in [4.69, 9.17) is 14.8 Å².